The maximum absolute atomic E-state index is 12.5. The molecular formula is C8H13FN2OS. The Morgan fingerprint density at radius 1 is 1.85 bits per heavy atom. The van der Waals surface area contributed by atoms with Crippen molar-refractivity contribution in [2.75, 3.05) is 0 Å². The van der Waals surface area contributed by atoms with Gasteiger partial charge in [0.2, 0.25) is 5.91 Å². The fraction of sp³-hybridized carbons (Fsp3) is 0.500. The highest BCUT2D eigenvalue weighted by atomic mass is 32.1. The van der Waals surface area contributed by atoms with Crippen LogP contribution < -0.4 is 5.32 Å². The van der Waals surface area contributed by atoms with E-state index in [4.69, 9.17) is 0 Å². The molecule has 13 heavy (non-hydrogen) atoms. The summed E-state index contributed by atoms with van der Waals surface area (Å²) in [6.45, 7) is 3.75. The predicted octanol–water partition coefficient (Wildman–Crippen LogP) is 1.60. The first-order valence-electron chi connectivity index (χ1n) is 3.97. The van der Waals surface area contributed by atoms with Gasteiger partial charge in [-0.3, -0.25) is 4.79 Å². The molecule has 0 bridgehead atoms. The molecule has 0 saturated heterocycles. The molecular weight excluding hydrogens is 191 g/mol. The molecule has 0 fully saturated rings. The Hall–Kier alpha value is -0.970. The Morgan fingerprint density at radius 2 is 2.54 bits per heavy atom. The highest BCUT2D eigenvalue weighted by Gasteiger charge is 2.08. The number of nitrogens with zero attached hydrogens (tertiary/aromatic N) is 1. The number of rotatable bonds is 3. The maximum Gasteiger partial charge on any atom is 0.227 e. The van der Waals surface area contributed by atoms with Gasteiger partial charge in [0.15, 0.2) is 5.13 Å². The number of hydrogen-bond acceptors (Lipinski definition) is 3. The van der Waals surface area contributed by atoms with Gasteiger partial charge in [0.05, 0.1) is 12.6 Å². The van der Waals surface area contributed by atoms with Gasteiger partial charge in [0.1, 0.15) is 5.01 Å². The summed E-state index contributed by atoms with van der Waals surface area (Å²) in [5.74, 6) is -0.121. The summed E-state index contributed by atoms with van der Waals surface area (Å²) in [7, 11) is 0. The van der Waals surface area contributed by atoms with Crippen LogP contribution in [0.1, 0.15) is 20.3 Å². The van der Waals surface area contributed by atoms with Gasteiger partial charge < -0.3 is 5.32 Å². The predicted molar refractivity (Wildman–Crippen MR) is 51.2 cm³/mol. The Kier molecular flexibility index (Phi) is 3.36. The van der Waals surface area contributed by atoms with E-state index in [1.54, 1.807) is 0 Å². The highest BCUT2D eigenvalue weighted by Crippen LogP contribution is 2.10. The number of amides is 1. The Bertz CT molecular complexity index is 303. The minimum Gasteiger partial charge on any atom is -0.354 e. The van der Waals surface area contributed by atoms with Crippen LogP contribution >= 0.6 is 11.3 Å². The standard InChI is InChI=1S/C8H11FN2OS.H2/c1-5(2)11-7(12)3-8-10-4-6(9)13-8;/h4-5H,3H2,1-2H3,(H,11,12);1H. The average molecular weight is 204 g/mol. The van der Waals surface area contributed by atoms with Crippen LogP contribution in [0.5, 0.6) is 0 Å². The number of nitrogens with one attached hydrogen (secondary N) is 1. The van der Waals surface area contributed by atoms with Crippen LogP contribution in [-0.4, -0.2) is 16.9 Å². The summed E-state index contributed by atoms with van der Waals surface area (Å²) in [4.78, 5) is 14.9. The first kappa shape index (κ1) is 10.1. The third-order valence-electron chi connectivity index (χ3n) is 1.29. The number of carbonyl (C=O) groups excluding carboxylic acids is 1. The van der Waals surface area contributed by atoms with Crippen LogP contribution in [0.2, 0.25) is 0 Å². The fourth-order valence-corrected chi connectivity index (χ4v) is 1.52. The van der Waals surface area contributed by atoms with Crippen LogP contribution in [0.3, 0.4) is 0 Å². The van der Waals surface area contributed by atoms with E-state index in [2.05, 4.69) is 10.3 Å². The zero-order valence-electron chi connectivity index (χ0n) is 7.50. The minimum absolute atomic E-state index is 0. The lowest BCUT2D eigenvalue weighted by atomic mass is 10.3. The molecule has 0 aliphatic heterocycles. The average Bonchev–Trinajstić information content (AvgIpc) is 2.33. The van der Waals surface area contributed by atoms with Crippen molar-refractivity contribution in [3.05, 3.63) is 16.3 Å². The molecule has 0 spiro atoms. The second kappa shape index (κ2) is 4.32. The molecule has 1 heterocycles. The zero-order chi connectivity index (χ0) is 9.84. The molecule has 5 heteroatoms. The smallest absolute Gasteiger partial charge is 0.227 e. The summed E-state index contributed by atoms with van der Waals surface area (Å²) >= 11 is 0.905. The molecule has 0 saturated carbocycles. The van der Waals surface area contributed by atoms with Crippen molar-refractivity contribution >= 4 is 17.2 Å². The number of aromatic nitrogens is 1. The van der Waals surface area contributed by atoms with Gasteiger partial charge in [-0.15, -0.1) is 0 Å². The molecule has 3 nitrogen and oxygen atoms in total. The monoisotopic (exact) mass is 204 g/mol. The van der Waals surface area contributed by atoms with Crippen molar-refractivity contribution in [1.82, 2.24) is 10.3 Å². The molecule has 1 amide bonds. The molecule has 0 atom stereocenters. The number of thiazole rings is 1. The van der Waals surface area contributed by atoms with E-state index < -0.39 is 0 Å². The SMILES string of the molecule is CC(C)NC(=O)Cc1ncc(F)s1.[HH]. The topological polar surface area (TPSA) is 42.0 Å². The quantitative estimate of drug-likeness (QED) is 0.812. The first-order valence-corrected chi connectivity index (χ1v) is 4.79. The summed E-state index contributed by atoms with van der Waals surface area (Å²) in [6.07, 6.45) is 1.29. The van der Waals surface area contributed by atoms with Crippen LogP contribution in [-0.2, 0) is 11.2 Å². The minimum atomic E-state index is -0.354. The molecule has 1 aromatic rings. The first-order chi connectivity index (χ1) is 6.08. The fourth-order valence-electron chi connectivity index (χ4n) is 0.880. The third-order valence-corrected chi connectivity index (χ3v) is 2.07. The van der Waals surface area contributed by atoms with Gasteiger partial charge in [0.25, 0.3) is 0 Å². The molecule has 0 aromatic carbocycles. The number of halogens is 1. The van der Waals surface area contributed by atoms with Crippen molar-refractivity contribution in [2.45, 2.75) is 26.3 Å². The normalized spacial score (nSPS) is 10.5. The van der Waals surface area contributed by atoms with Crippen molar-refractivity contribution in [2.24, 2.45) is 0 Å². The van der Waals surface area contributed by atoms with Gasteiger partial charge in [-0.2, -0.15) is 4.39 Å². The molecule has 1 rings (SSSR count). The van der Waals surface area contributed by atoms with Gasteiger partial charge in [-0.05, 0) is 13.8 Å². The summed E-state index contributed by atoms with van der Waals surface area (Å²) in [5.41, 5.74) is 0. The Balaban J connectivity index is 0.00000169. The van der Waals surface area contributed by atoms with E-state index >= 15 is 0 Å². The Morgan fingerprint density at radius 3 is 3.00 bits per heavy atom. The second-order valence-corrected chi connectivity index (χ2v) is 4.02. The summed E-state index contributed by atoms with van der Waals surface area (Å²) < 4.78 is 12.5. The molecule has 0 aliphatic carbocycles. The van der Waals surface area contributed by atoms with Gasteiger partial charge in [0, 0.05) is 7.47 Å². The van der Waals surface area contributed by atoms with E-state index in [0.29, 0.717) is 5.01 Å². The van der Waals surface area contributed by atoms with Crippen molar-refractivity contribution in [3.63, 3.8) is 0 Å². The molecule has 0 aliphatic rings. The largest absolute Gasteiger partial charge is 0.354 e. The van der Waals surface area contributed by atoms with E-state index in [1.807, 2.05) is 13.8 Å². The lowest BCUT2D eigenvalue weighted by molar-refractivity contribution is -0.120. The van der Waals surface area contributed by atoms with Crippen LogP contribution in [0.25, 0.3) is 0 Å². The molecule has 1 N–H and O–H groups in total. The highest BCUT2D eigenvalue weighted by molar-refractivity contribution is 7.10. The maximum atomic E-state index is 12.5. The Labute approximate surface area is 81.5 Å². The van der Waals surface area contributed by atoms with Crippen molar-refractivity contribution in [3.8, 4) is 0 Å². The van der Waals surface area contributed by atoms with Crippen LogP contribution in [0, 0.1) is 5.13 Å². The molecule has 0 radical (unpaired) electrons. The van der Waals surface area contributed by atoms with Gasteiger partial charge in [-0.25, -0.2) is 4.98 Å². The van der Waals surface area contributed by atoms with Gasteiger partial charge >= 0.3 is 0 Å². The third kappa shape index (κ3) is 3.50. The lowest BCUT2D eigenvalue weighted by Crippen LogP contribution is -2.31. The van der Waals surface area contributed by atoms with Gasteiger partial charge in [-0.1, -0.05) is 11.3 Å². The molecule has 1 aromatic heterocycles. The summed E-state index contributed by atoms with van der Waals surface area (Å²) in [6, 6.07) is 0.109. The van der Waals surface area contributed by atoms with E-state index in [0.717, 1.165) is 17.5 Å². The summed E-state index contributed by atoms with van der Waals surface area (Å²) in [5, 5.41) is 2.86. The van der Waals surface area contributed by atoms with E-state index in [9.17, 15) is 9.18 Å². The zero-order valence-corrected chi connectivity index (χ0v) is 8.32. The molecule has 0 unspecified atom stereocenters. The second-order valence-electron chi connectivity index (χ2n) is 2.96. The van der Waals surface area contributed by atoms with Crippen molar-refractivity contribution in [1.29, 1.82) is 0 Å². The van der Waals surface area contributed by atoms with E-state index in [1.165, 1.54) is 0 Å². The van der Waals surface area contributed by atoms with Crippen LogP contribution in [0.15, 0.2) is 6.20 Å². The number of hydrogen-bond donors (Lipinski definition) is 1. The van der Waals surface area contributed by atoms with Crippen LogP contribution in [0.4, 0.5) is 4.39 Å². The number of carbonyl (C=O) groups is 1. The molecule has 74 valence electrons. The van der Waals surface area contributed by atoms with Crippen molar-refractivity contribution < 1.29 is 10.6 Å². The lowest BCUT2D eigenvalue weighted by Gasteiger charge is -2.05. The van der Waals surface area contributed by atoms with E-state index in [-0.39, 0.29) is 24.9 Å².